The van der Waals surface area contributed by atoms with Gasteiger partial charge in [0.15, 0.2) is 0 Å². The number of nitrogens with two attached hydrogens (primary N) is 1. The largest absolute Gasteiger partial charge is 0.370 e. The number of primary amides is 1. The maximum absolute atomic E-state index is 12.1. The Balaban J connectivity index is 2.76. The molecule has 1 aromatic heterocycles. The van der Waals surface area contributed by atoms with Crippen LogP contribution in [0.2, 0.25) is 0 Å². The summed E-state index contributed by atoms with van der Waals surface area (Å²) in [6.45, 7) is 6.44. The lowest BCUT2D eigenvalue weighted by Crippen LogP contribution is -2.35. The van der Waals surface area contributed by atoms with E-state index in [0.29, 0.717) is 11.4 Å². The van der Waals surface area contributed by atoms with Crippen LogP contribution in [0.5, 0.6) is 0 Å². The predicted molar refractivity (Wildman–Crippen MR) is 78.5 cm³/mol. The summed E-state index contributed by atoms with van der Waals surface area (Å²) in [5.41, 5.74) is 6.38. The summed E-state index contributed by atoms with van der Waals surface area (Å²) >= 11 is 0. The molecule has 1 atom stereocenters. The van der Waals surface area contributed by atoms with Crippen molar-refractivity contribution in [1.29, 1.82) is 0 Å². The molecule has 0 spiro atoms. The van der Waals surface area contributed by atoms with Gasteiger partial charge in [-0.1, -0.05) is 6.92 Å². The summed E-state index contributed by atoms with van der Waals surface area (Å²) < 4.78 is 0. The fourth-order valence-corrected chi connectivity index (χ4v) is 1.80. The van der Waals surface area contributed by atoms with Crippen LogP contribution in [0.4, 0.5) is 5.82 Å². The van der Waals surface area contributed by atoms with Gasteiger partial charge in [0.05, 0.1) is 0 Å². The zero-order valence-corrected chi connectivity index (χ0v) is 12.2. The first-order valence-electron chi connectivity index (χ1n) is 6.74. The summed E-state index contributed by atoms with van der Waals surface area (Å²) in [5, 5.41) is 5.89. The van der Waals surface area contributed by atoms with Gasteiger partial charge in [-0.25, -0.2) is 4.98 Å². The van der Waals surface area contributed by atoms with Crippen molar-refractivity contribution in [1.82, 2.24) is 10.3 Å². The van der Waals surface area contributed by atoms with Gasteiger partial charge in [0.2, 0.25) is 5.91 Å². The van der Waals surface area contributed by atoms with Crippen molar-refractivity contribution in [3.05, 3.63) is 23.4 Å². The third-order valence-corrected chi connectivity index (χ3v) is 2.66. The van der Waals surface area contributed by atoms with Crippen molar-refractivity contribution in [2.75, 3.05) is 11.9 Å². The van der Waals surface area contributed by atoms with Crippen LogP contribution in [0.15, 0.2) is 12.1 Å². The van der Waals surface area contributed by atoms with E-state index in [9.17, 15) is 9.59 Å². The number of amides is 2. The third kappa shape index (κ3) is 5.26. The van der Waals surface area contributed by atoms with Crippen molar-refractivity contribution < 1.29 is 9.59 Å². The van der Waals surface area contributed by atoms with Gasteiger partial charge in [0.1, 0.15) is 5.82 Å². The molecule has 6 heteroatoms. The van der Waals surface area contributed by atoms with Crippen molar-refractivity contribution in [3.8, 4) is 0 Å². The van der Waals surface area contributed by atoms with Gasteiger partial charge >= 0.3 is 0 Å². The molecule has 0 aliphatic heterocycles. The number of aromatic nitrogens is 1. The first-order valence-corrected chi connectivity index (χ1v) is 6.74. The van der Waals surface area contributed by atoms with Crippen molar-refractivity contribution in [2.24, 2.45) is 5.73 Å². The highest BCUT2D eigenvalue weighted by molar-refractivity contribution is 5.95. The lowest BCUT2D eigenvalue weighted by molar-refractivity contribution is -0.118. The Morgan fingerprint density at radius 1 is 1.40 bits per heavy atom. The summed E-state index contributed by atoms with van der Waals surface area (Å²) in [5.74, 6) is 0.0114. The lowest BCUT2D eigenvalue weighted by atomic mass is 10.1. The van der Waals surface area contributed by atoms with E-state index in [0.717, 1.165) is 18.7 Å². The van der Waals surface area contributed by atoms with E-state index in [2.05, 4.69) is 22.5 Å². The molecule has 0 bridgehead atoms. The minimum absolute atomic E-state index is 0.122. The number of nitrogens with one attached hydrogen (secondary N) is 2. The monoisotopic (exact) mass is 278 g/mol. The zero-order chi connectivity index (χ0) is 15.1. The van der Waals surface area contributed by atoms with Gasteiger partial charge in [-0.15, -0.1) is 0 Å². The topological polar surface area (TPSA) is 97.1 Å². The fourth-order valence-electron chi connectivity index (χ4n) is 1.80. The van der Waals surface area contributed by atoms with E-state index in [-0.39, 0.29) is 18.4 Å². The standard InChI is InChI=1S/C14H22N4O2/c1-4-5-16-13-8-11(6-9(2)17-13)14(20)18-10(3)7-12(15)19/h6,8,10H,4-5,7H2,1-3H3,(H2,15,19)(H,16,17)(H,18,20). The maximum atomic E-state index is 12.1. The van der Waals surface area contributed by atoms with Gasteiger partial charge < -0.3 is 16.4 Å². The molecule has 0 aromatic carbocycles. The fraction of sp³-hybridized carbons (Fsp3) is 0.500. The Kier molecular flexibility index (Phi) is 5.96. The number of anilines is 1. The van der Waals surface area contributed by atoms with E-state index in [4.69, 9.17) is 5.73 Å². The van der Waals surface area contributed by atoms with Crippen LogP contribution in [-0.2, 0) is 4.79 Å². The molecule has 0 saturated heterocycles. The molecule has 0 aliphatic rings. The quantitative estimate of drug-likeness (QED) is 0.698. The lowest BCUT2D eigenvalue weighted by Gasteiger charge is -2.13. The van der Waals surface area contributed by atoms with Crippen LogP contribution in [-0.4, -0.2) is 29.4 Å². The van der Waals surface area contributed by atoms with Crippen LogP contribution in [0.25, 0.3) is 0 Å². The van der Waals surface area contributed by atoms with E-state index in [1.54, 1.807) is 19.1 Å². The molecule has 4 N–H and O–H groups in total. The molecule has 0 saturated carbocycles. The summed E-state index contributed by atoms with van der Waals surface area (Å²) in [6, 6.07) is 3.12. The summed E-state index contributed by atoms with van der Waals surface area (Å²) in [7, 11) is 0. The van der Waals surface area contributed by atoms with E-state index in [1.807, 2.05) is 6.92 Å². The zero-order valence-electron chi connectivity index (χ0n) is 12.2. The van der Waals surface area contributed by atoms with Gasteiger partial charge in [-0.05, 0) is 32.4 Å². The molecular weight excluding hydrogens is 256 g/mol. The average molecular weight is 278 g/mol. The Bertz CT molecular complexity index is 488. The molecule has 1 rings (SSSR count). The Labute approximate surface area is 119 Å². The SMILES string of the molecule is CCCNc1cc(C(=O)NC(C)CC(N)=O)cc(C)n1. The molecule has 6 nitrogen and oxygen atoms in total. The first kappa shape index (κ1) is 15.9. The molecule has 0 fully saturated rings. The van der Waals surface area contributed by atoms with Gasteiger partial charge in [-0.3, -0.25) is 9.59 Å². The smallest absolute Gasteiger partial charge is 0.251 e. The van der Waals surface area contributed by atoms with E-state index >= 15 is 0 Å². The molecule has 20 heavy (non-hydrogen) atoms. The number of carbonyl (C=O) groups excluding carboxylic acids is 2. The van der Waals surface area contributed by atoms with E-state index in [1.165, 1.54) is 0 Å². The van der Waals surface area contributed by atoms with Crippen molar-refractivity contribution in [2.45, 2.75) is 39.7 Å². The summed E-state index contributed by atoms with van der Waals surface area (Å²) in [6.07, 6.45) is 1.10. The van der Waals surface area contributed by atoms with Crippen LogP contribution in [0, 0.1) is 6.92 Å². The number of hydrogen-bond acceptors (Lipinski definition) is 4. The van der Waals surface area contributed by atoms with Gasteiger partial charge in [0.25, 0.3) is 5.91 Å². The number of nitrogens with zero attached hydrogens (tertiary/aromatic N) is 1. The second-order valence-corrected chi connectivity index (χ2v) is 4.85. The first-order chi connectivity index (χ1) is 9.42. The summed E-state index contributed by atoms with van der Waals surface area (Å²) in [4.78, 5) is 27.2. The Hall–Kier alpha value is -2.11. The number of pyridine rings is 1. The molecule has 2 amide bonds. The minimum atomic E-state index is -0.436. The molecular formula is C14H22N4O2. The van der Waals surface area contributed by atoms with Gasteiger partial charge in [0, 0.05) is 30.3 Å². The van der Waals surface area contributed by atoms with Crippen LogP contribution in [0.1, 0.15) is 42.7 Å². The maximum Gasteiger partial charge on any atom is 0.251 e. The number of carbonyl (C=O) groups is 2. The number of aryl methyl sites for hydroxylation is 1. The van der Waals surface area contributed by atoms with E-state index < -0.39 is 5.91 Å². The molecule has 0 radical (unpaired) electrons. The molecule has 1 unspecified atom stereocenters. The Morgan fingerprint density at radius 3 is 2.70 bits per heavy atom. The van der Waals surface area contributed by atoms with Crippen molar-refractivity contribution >= 4 is 17.6 Å². The molecule has 1 heterocycles. The van der Waals surface area contributed by atoms with Crippen LogP contribution >= 0.6 is 0 Å². The highest BCUT2D eigenvalue weighted by atomic mass is 16.2. The molecule has 1 aromatic rings. The number of rotatable bonds is 7. The highest BCUT2D eigenvalue weighted by Gasteiger charge is 2.13. The Morgan fingerprint density at radius 2 is 2.10 bits per heavy atom. The van der Waals surface area contributed by atoms with Crippen LogP contribution < -0.4 is 16.4 Å². The highest BCUT2D eigenvalue weighted by Crippen LogP contribution is 2.10. The third-order valence-electron chi connectivity index (χ3n) is 2.66. The average Bonchev–Trinajstić information content (AvgIpc) is 2.34. The van der Waals surface area contributed by atoms with Crippen molar-refractivity contribution in [3.63, 3.8) is 0 Å². The minimum Gasteiger partial charge on any atom is -0.370 e. The second kappa shape index (κ2) is 7.47. The van der Waals surface area contributed by atoms with Crippen LogP contribution in [0.3, 0.4) is 0 Å². The molecule has 0 aliphatic carbocycles. The number of hydrogen-bond donors (Lipinski definition) is 3. The normalized spacial score (nSPS) is 11.8. The van der Waals surface area contributed by atoms with Gasteiger partial charge in [-0.2, -0.15) is 0 Å². The molecule has 110 valence electrons. The predicted octanol–water partition coefficient (Wildman–Crippen LogP) is 1.21. The second-order valence-electron chi connectivity index (χ2n) is 4.85.